The molecule has 0 radical (unpaired) electrons. The summed E-state index contributed by atoms with van der Waals surface area (Å²) in [7, 11) is 0. The molecule has 0 saturated carbocycles. The van der Waals surface area contributed by atoms with Crippen molar-refractivity contribution in [2.24, 2.45) is 0 Å². The van der Waals surface area contributed by atoms with Gasteiger partial charge in [0.25, 0.3) is 0 Å². The highest BCUT2D eigenvalue weighted by atomic mass is 32.1. The number of fused-ring (bicyclic) bond motifs is 1. The first-order valence-electron chi connectivity index (χ1n) is 3.76. The Morgan fingerprint density at radius 1 is 1.46 bits per heavy atom. The molecule has 0 aliphatic heterocycles. The van der Waals surface area contributed by atoms with Crippen LogP contribution < -0.4 is 0 Å². The number of aromatic nitrogens is 3. The lowest BCUT2D eigenvalue weighted by molar-refractivity contribution is 0.580. The van der Waals surface area contributed by atoms with Crippen molar-refractivity contribution in [2.45, 2.75) is 0 Å². The van der Waals surface area contributed by atoms with Crippen molar-refractivity contribution >= 4 is 16.3 Å². The van der Waals surface area contributed by atoms with Crippen molar-refractivity contribution in [2.75, 3.05) is 0 Å². The van der Waals surface area contributed by atoms with E-state index in [9.17, 15) is 0 Å². The summed E-state index contributed by atoms with van der Waals surface area (Å²) in [5, 5.41) is 4.08. The zero-order valence-corrected chi connectivity index (χ0v) is 7.36. The third-order valence-electron chi connectivity index (χ3n) is 1.76. The molecule has 13 heavy (non-hydrogen) atoms. The average Bonchev–Trinajstić information content (AvgIpc) is 2.78. The van der Waals surface area contributed by atoms with Crippen molar-refractivity contribution in [1.82, 2.24) is 14.6 Å². The standard InChI is InChI=1S/C8H5N3OS/c1-2-7(12-3-1)6-4-11-8(10-6)13-5-9-11/h1-5H. The molecule has 0 saturated heterocycles. The molecule has 3 heterocycles. The molecule has 3 aromatic rings. The van der Waals surface area contributed by atoms with Crippen LogP contribution in [-0.2, 0) is 0 Å². The second-order valence-corrected chi connectivity index (χ2v) is 3.38. The molecule has 4 nitrogen and oxygen atoms in total. The minimum atomic E-state index is 0.776. The van der Waals surface area contributed by atoms with E-state index >= 15 is 0 Å². The Kier molecular flexibility index (Phi) is 1.28. The smallest absolute Gasteiger partial charge is 0.212 e. The largest absolute Gasteiger partial charge is 0.463 e. The van der Waals surface area contributed by atoms with Gasteiger partial charge in [-0.3, -0.25) is 0 Å². The van der Waals surface area contributed by atoms with E-state index in [1.165, 1.54) is 11.3 Å². The Bertz CT molecular complexity index is 494. The normalized spacial score (nSPS) is 11.1. The fraction of sp³-hybridized carbons (Fsp3) is 0. The summed E-state index contributed by atoms with van der Waals surface area (Å²) in [5.41, 5.74) is 2.58. The number of nitrogens with zero attached hydrogens (tertiary/aromatic N) is 3. The molecule has 5 heteroatoms. The summed E-state index contributed by atoms with van der Waals surface area (Å²) in [5.74, 6) is 0.776. The van der Waals surface area contributed by atoms with Gasteiger partial charge < -0.3 is 4.42 Å². The highest BCUT2D eigenvalue weighted by molar-refractivity contribution is 7.14. The van der Waals surface area contributed by atoms with Crippen LogP contribution in [0.15, 0.2) is 34.5 Å². The van der Waals surface area contributed by atoms with Gasteiger partial charge in [0.15, 0.2) is 5.76 Å². The molecule has 0 bridgehead atoms. The van der Waals surface area contributed by atoms with Gasteiger partial charge >= 0.3 is 0 Å². The van der Waals surface area contributed by atoms with E-state index in [-0.39, 0.29) is 0 Å². The summed E-state index contributed by atoms with van der Waals surface area (Å²) < 4.78 is 6.96. The van der Waals surface area contributed by atoms with E-state index in [4.69, 9.17) is 4.42 Å². The van der Waals surface area contributed by atoms with Gasteiger partial charge in [0.2, 0.25) is 4.96 Å². The third kappa shape index (κ3) is 0.972. The predicted octanol–water partition coefficient (Wildman–Crippen LogP) is 2.05. The fourth-order valence-electron chi connectivity index (χ4n) is 1.18. The van der Waals surface area contributed by atoms with Crippen LogP contribution in [0.5, 0.6) is 0 Å². The number of rotatable bonds is 1. The van der Waals surface area contributed by atoms with Gasteiger partial charge in [-0.2, -0.15) is 5.10 Å². The Morgan fingerprint density at radius 3 is 3.23 bits per heavy atom. The lowest BCUT2D eigenvalue weighted by atomic mass is 10.4. The topological polar surface area (TPSA) is 43.3 Å². The van der Waals surface area contributed by atoms with Crippen molar-refractivity contribution in [1.29, 1.82) is 0 Å². The van der Waals surface area contributed by atoms with E-state index < -0.39 is 0 Å². The predicted molar refractivity (Wildman–Crippen MR) is 48.6 cm³/mol. The van der Waals surface area contributed by atoms with Gasteiger partial charge in [0.05, 0.1) is 12.5 Å². The summed E-state index contributed by atoms with van der Waals surface area (Å²) in [6.07, 6.45) is 3.49. The first-order valence-corrected chi connectivity index (χ1v) is 4.64. The number of hydrogen-bond acceptors (Lipinski definition) is 4. The summed E-state index contributed by atoms with van der Waals surface area (Å²) in [6, 6.07) is 3.72. The van der Waals surface area contributed by atoms with E-state index in [0.717, 1.165) is 16.4 Å². The highest BCUT2D eigenvalue weighted by Gasteiger charge is 2.07. The molecule has 0 spiro atoms. The molecular formula is C8H5N3OS. The maximum atomic E-state index is 5.22. The maximum Gasteiger partial charge on any atom is 0.212 e. The summed E-state index contributed by atoms with van der Waals surface area (Å²) in [6.45, 7) is 0. The van der Waals surface area contributed by atoms with Crippen molar-refractivity contribution in [3.8, 4) is 11.5 Å². The Balaban J connectivity index is 2.23. The monoisotopic (exact) mass is 191 g/mol. The zero-order valence-electron chi connectivity index (χ0n) is 6.54. The van der Waals surface area contributed by atoms with E-state index in [2.05, 4.69) is 10.1 Å². The van der Waals surface area contributed by atoms with Crippen LogP contribution in [0.1, 0.15) is 0 Å². The average molecular weight is 191 g/mol. The second-order valence-electron chi connectivity index (χ2n) is 2.57. The van der Waals surface area contributed by atoms with Crippen LogP contribution in [0, 0.1) is 0 Å². The molecule has 3 aromatic heterocycles. The van der Waals surface area contributed by atoms with Gasteiger partial charge in [0, 0.05) is 0 Å². The SMILES string of the molecule is c1coc(-c2cn3ncsc3n2)c1. The van der Waals surface area contributed by atoms with E-state index in [1.54, 1.807) is 16.3 Å². The van der Waals surface area contributed by atoms with Gasteiger partial charge in [-0.15, -0.1) is 0 Å². The van der Waals surface area contributed by atoms with Crippen molar-refractivity contribution in [3.63, 3.8) is 0 Å². The molecule has 3 rings (SSSR count). The van der Waals surface area contributed by atoms with Gasteiger partial charge in [-0.1, -0.05) is 11.3 Å². The first kappa shape index (κ1) is 6.85. The maximum absolute atomic E-state index is 5.22. The van der Waals surface area contributed by atoms with Crippen LogP contribution in [0.3, 0.4) is 0 Å². The van der Waals surface area contributed by atoms with Crippen LogP contribution in [-0.4, -0.2) is 14.6 Å². The number of imidazole rings is 1. The molecule has 0 amide bonds. The molecule has 0 aliphatic carbocycles. The van der Waals surface area contributed by atoms with Crippen LogP contribution in [0.4, 0.5) is 0 Å². The minimum Gasteiger partial charge on any atom is -0.463 e. The molecular weight excluding hydrogens is 186 g/mol. The Morgan fingerprint density at radius 2 is 2.46 bits per heavy atom. The van der Waals surface area contributed by atoms with E-state index in [1.807, 2.05) is 18.3 Å². The molecule has 0 aromatic carbocycles. The van der Waals surface area contributed by atoms with Gasteiger partial charge in [0.1, 0.15) is 11.2 Å². The van der Waals surface area contributed by atoms with Crippen LogP contribution in [0.25, 0.3) is 16.4 Å². The molecule has 64 valence electrons. The minimum absolute atomic E-state index is 0.776. The molecule has 0 atom stereocenters. The van der Waals surface area contributed by atoms with Gasteiger partial charge in [-0.05, 0) is 12.1 Å². The molecule has 0 unspecified atom stereocenters. The molecule has 0 aliphatic rings. The lowest BCUT2D eigenvalue weighted by Crippen LogP contribution is -1.75. The summed E-state index contributed by atoms with van der Waals surface area (Å²) >= 11 is 1.50. The molecule has 0 fully saturated rings. The zero-order chi connectivity index (χ0) is 8.67. The van der Waals surface area contributed by atoms with Crippen LogP contribution >= 0.6 is 11.3 Å². The lowest BCUT2D eigenvalue weighted by Gasteiger charge is -1.84. The Labute approximate surface area is 77.4 Å². The number of hydrogen-bond donors (Lipinski definition) is 0. The molecule has 0 N–H and O–H groups in total. The second kappa shape index (κ2) is 2.43. The first-order chi connectivity index (χ1) is 6.43. The Hall–Kier alpha value is -1.62. The van der Waals surface area contributed by atoms with E-state index in [0.29, 0.717) is 0 Å². The van der Waals surface area contributed by atoms with Crippen molar-refractivity contribution in [3.05, 3.63) is 30.1 Å². The quantitative estimate of drug-likeness (QED) is 0.591. The highest BCUT2D eigenvalue weighted by Crippen LogP contribution is 2.20. The third-order valence-corrected chi connectivity index (χ3v) is 2.45. The number of furan rings is 1. The fourth-order valence-corrected chi connectivity index (χ4v) is 1.78. The van der Waals surface area contributed by atoms with Gasteiger partial charge in [-0.25, -0.2) is 9.50 Å². The summed E-state index contributed by atoms with van der Waals surface area (Å²) in [4.78, 5) is 5.22. The van der Waals surface area contributed by atoms with Crippen LogP contribution in [0.2, 0.25) is 0 Å². The van der Waals surface area contributed by atoms with Crippen molar-refractivity contribution < 1.29 is 4.42 Å².